The van der Waals surface area contributed by atoms with Crippen molar-refractivity contribution >= 4 is 17.9 Å². The van der Waals surface area contributed by atoms with Crippen molar-refractivity contribution in [1.29, 1.82) is 0 Å². The van der Waals surface area contributed by atoms with Crippen LogP contribution in [0.1, 0.15) is 13.8 Å². The minimum Gasteiger partial charge on any atom is -0.466 e. The predicted molar refractivity (Wildman–Crippen MR) is 59.4 cm³/mol. The third kappa shape index (κ3) is 3.07. The summed E-state index contributed by atoms with van der Waals surface area (Å²) in [5.41, 5.74) is -3.65. The average Bonchev–Trinajstić information content (AvgIpc) is 2.36. The Labute approximate surface area is 104 Å². The van der Waals surface area contributed by atoms with Crippen LogP contribution >= 0.6 is 0 Å². The Hall–Kier alpha value is -1.89. The number of esters is 3. The standard InChI is InChI=1S/C11H16O7/c1-5-17-9(13)11(15,10(14)18-6-2)7(3)8(12)16-4/h15H,3,5-6H2,1-2,4H3. The fraction of sp³-hybridized carbons (Fsp3) is 0.545. The van der Waals surface area contributed by atoms with Crippen LogP contribution in [-0.2, 0) is 28.6 Å². The highest BCUT2D eigenvalue weighted by atomic mass is 16.6. The second kappa shape index (κ2) is 6.75. The monoisotopic (exact) mass is 260 g/mol. The van der Waals surface area contributed by atoms with Crippen molar-refractivity contribution in [2.75, 3.05) is 20.3 Å². The number of ether oxygens (including phenoxy) is 3. The zero-order chi connectivity index (χ0) is 14.3. The van der Waals surface area contributed by atoms with Crippen molar-refractivity contribution in [1.82, 2.24) is 0 Å². The Bertz CT molecular complexity index is 340. The summed E-state index contributed by atoms with van der Waals surface area (Å²) in [5.74, 6) is -3.78. The molecule has 0 aliphatic carbocycles. The third-order valence-corrected chi connectivity index (χ3v) is 2.01. The van der Waals surface area contributed by atoms with Crippen LogP contribution in [0.2, 0.25) is 0 Å². The van der Waals surface area contributed by atoms with Gasteiger partial charge in [0, 0.05) is 0 Å². The van der Waals surface area contributed by atoms with Gasteiger partial charge in [-0.15, -0.1) is 0 Å². The average molecular weight is 260 g/mol. The molecule has 0 saturated heterocycles. The lowest BCUT2D eigenvalue weighted by molar-refractivity contribution is -0.180. The molecule has 7 nitrogen and oxygen atoms in total. The van der Waals surface area contributed by atoms with Gasteiger partial charge in [-0.2, -0.15) is 0 Å². The summed E-state index contributed by atoms with van der Waals surface area (Å²) in [5, 5.41) is 10.0. The lowest BCUT2D eigenvalue weighted by Crippen LogP contribution is -2.52. The van der Waals surface area contributed by atoms with Crippen molar-refractivity contribution in [3.63, 3.8) is 0 Å². The Kier molecular flexibility index (Phi) is 6.04. The Balaban J connectivity index is 5.40. The van der Waals surface area contributed by atoms with Crippen LogP contribution in [0.25, 0.3) is 0 Å². The maximum absolute atomic E-state index is 11.6. The summed E-state index contributed by atoms with van der Waals surface area (Å²) in [6.45, 7) is 5.95. The lowest BCUT2D eigenvalue weighted by Gasteiger charge is -2.23. The summed E-state index contributed by atoms with van der Waals surface area (Å²) < 4.78 is 13.4. The molecule has 0 unspecified atom stereocenters. The molecule has 0 aliphatic rings. The summed E-state index contributed by atoms with van der Waals surface area (Å²) in [7, 11) is 1.02. The predicted octanol–water partition coefficient (Wildman–Crippen LogP) is -0.427. The minimum atomic E-state index is -2.89. The molecule has 18 heavy (non-hydrogen) atoms. The van der Waals surface area contributed by atoms with E-state index in [4.69, 9.17) is 0 Å². The molecule has 7 heteroatoms. The van der Waals surface area contributed by atoms with Crippen molar-refractivity contribution in [2.45, 2.75) is 19.4 Å². The number of carbonyl (C=O) groups excluding carboxylic acids is 3. The molecule has 0 aromatic heterocycles. The van der Waals surface area contributed by atoms with Crippen LogP contribution in [0.15, 0.2) is 12.2 Å². The highest BCUT2D eigenvalue weighted by Gasteiger charge is 2.53. The first-order valence-electron chi connectivity index (χ1n) is 5.20. The van der Waals surface area contributed by atoms with E-state index < -0.39 is 29.1 Å². The fourth-order valence-electron chi connectivity index (χ4n) is 1.07. The van der Waals surface area contributed by atoms with Gasteiger partial charge < -0.3 is 19.3 Å². The molecule has 0 fully saturated rings. The molecule has 0 rings (SSSR count). The van der Waals surface area contributed by atoms with E-state index in [1.165, 1.54) is 13.8 Å². The Morgan fingerprint density at radius 2 is 1.50 bits per heavy atom. The highest BCUT2D eigenvalue weighted by molar-refractivity contribution is 6.14. The quantitative estimate of drug-likeness (QED) is 0.299. The van der Waals surface area contributed by atoms with E-state index in [1.807, 2.05) is 0 Å². The lowest BCUT2D eigenvalue weighted by atomic mass is 9.95. The summed E-state index contributed by atoms with van der Waals surface area (Å²) >= 11 is 0. The van der Waals surface area contributed by atoms with Gasteiger partial charge in [0.25, 0.3) is 5.60 Å². The first-order chi connectivity index (χ1) is 8.35. The van der Waals surface area contributed by atoms with Gasteiger partial charge in [-0.25, -0.2) is 14.4 Å². The normalized spacial score (nSPS) is 10.4. The van der Waals surface area contributed by atoms with E-state index in [2.05, 4.69) is 20.8 Å². The molecule has 0 aromatic carbocycles. The number of hydrogen-bond acceptors (Lipinski definition) is 7. The van der Waals surface area contributed by atoms with E-state index in [0.29, 0.717) is 0 Å². The van der Waals surface area contributed by atoms with Crippen LogP contribution in [0.4, 0.5) is 0 Å². The molecule has 0 bridgehead atoms. The van der Waals surface area contributed by atoms with E-state index >= 15 is 0 Å². The summed E-state index contributed by atoms with van der Waals surface area (Å²) in [4.78, 5) is 34.5. The number of hydrogen-bond donors (Lipinski definition) is 1. The van der Waals surface area contributed by atoms with Gasteiger partial charge in [0.05, 0.1) is 25.9 Å². The van der Waals surface area contributed by atoms with Crippen molar-refractivity contribution in [3.8, 4) is 0 Å². The molecule has 1 N–H and O–H groups in total. The SMILES string of the molecule is C=C(C(=O)OC)C(O)(C(=O)OCC)C(=O)OCC. The van der Waals surface area contributed by atoms with E-state index in [0.717, 1.165) is 7.11 Å². The third-order valence-electron chi connectivity index (χ3n) is 2.01. The maximum atomic E-state index is 11.6. The zero-order valence-electron chi connectivity index (χ0n) is 10.5. The van der Waals surface area contributed by atoms with Crippen LogP contribution in [0.5, 0.6) is 0 Å². The topological polar surface area (TPSA) is 99.1 Å². The van der Waals surface area contributed by atoms with Crippen LogP contribution in [0.3, 0.4) is 0 Å². The molecule has 0 aliphatic heterocycles. The van der Waals surface area contributed by atoms with Crippen LogP contribution < -0.4 is 0 Å². The molecular formula is C11H16O7. The second-order valence-electron chi connectivity index (χ2n) is 3.12. The van der Waals surface area contributed by atoms with Gasteiger partial charge in [-0.1, -0.05) is 6.58 Å². The zero-order valence-corrected chi connectivity index (χ0v) is 10.5. The summed E-state index contributed by atoms with van der Waals surface area (Å²) in [6.07, 6.45) is 0. The molecule has 0 spiro atoms. The van der Waals surface area contributed by atoms with E-state index in [-0.39, 0.29) is 13.2 Å². The first kappa shape index (κ1) is 16.1. The maximum Gasteiger partial charge on any atom is 0.355 e. The highest BCUT2D eigenvalue weighted by Crippen LogP contribution is 2.21. The number of rotatable bonds is 6. The molecule has 0 aromatic rings. The first-order valence-corrected chi connectivity index (χ1v) is 5.20. The molecular weight excluding hydrogens is 244 g/mol. The van der Waals surface area contributed by atoms with Gasteiger partial charge in [0.15, 0.2) is 0 Å². The van der Waals surface area contributed by atoms with Gasteiger partial charge in [0.1, 0.15) is 0 Å². The summed E-state index contributed by atoms with van der Waals surface area (Å²) in [6, 6.07) is 0. The van der Waals surface area contributed by atoms with Crippen LogP contribution in [-0.4, -0.2) is 48.9 Å². The van der Waals surface area contributed by atoms with Crippen LogP contribution in [0, 0.1) is 0 Å². The Morgan fingerprint density at radius 1 is 1.11 bits per heavy atom. The van der Waals surface area contributed by atoms with Gasteiger partial charge in [0.2, 0.25) is 0 Å². The number of methoxy groups -OCH3 is 1. The molecule has 0 saturated carbocycles. The smallest absolute Gasteiger partial charge is 0.355 e. The van der Waals surface area contributed by atoms with Crippen molar-refractivity contribution in [3.05, 3.63) is 12.2 Å². The van der Waals surface area contributed by atoms with Gasteiger partial charge in [-0.05, 0) is 13.8 Å². The molecule has 0 radical (unpaired) electrons. The minimum absolute atomic E-state index is 0.0883. The Morgan fingerprint density at radius 3 is 1.78 bits per heavy atom. The fourth-order valence-corrected chi connectivity index (χ4v) is 1.07. The van der Waals surface area contributed by atoms with E-state index in [1.54, 1.807) is 0 Å². The van der Waals surface area contributed by atoms with Crippen molar-refractivity contribution < 1.29 is 33.7 Å². The second-order valence-corrected chi connectivity index (χ2v) is 3.12. The number of aliphatic hydroxyl groups is 1. The molecule has 102 valence electrons. The largest absolute Gasteiger partial charge is 0.466 e. The van der Waals surface area contributed by atoms with Gasteiger partial charge >= 0.3 is 17.9 Å². The molecule has 0 heterocycles. The molecule has 0 amide bonds. The number of carbonyl (C=O) groups is 3. The molecule has 0 atom stereocenters. The van der Waals surface area contributed by atoms with Gasteiger partial charge in [-0.3, -0.25) is 0 Å². The van der Waals surface area contributed by atoms with E-state index in [9.17, 15) is 19.5 Å². The van der Waals surface area contributed by atoms with Crippen molar-refractivity contribution in [2.24, 2.45) is 0 Å².